The molecule has 0 saturated carbocycles. The van der Waals surface area contributed by atoms with Crippen LogP contribution >= 0.6 is 0 Å². The second-order valence-electron chi connectivity index (χ2n) is 3.79. The number of rotatable bonds is 3. The normalized spacial score (nSPS) is 9.68. The summed E-state index contributed by atoms with van der Waals surface area (Å²) >= 11 is 0. The van der Waals surface area contributed by atoms with Gasteiger partial charge in [0, 0.05) is 25.1 Å². The molecule has 1 N–H and O–H groups in total. The second-order valence-corrected chi connectivity index (χ2v) is 3.79. The Balaban J connectivity index is 2.25. The van der Waals surface area contributed by atoms with Crippen molar-refractivity contribution in [2.24, 2.45) is 0 Å². The molecule has 0 aliphatic rings. The number of aromatic carboxylic acids is 1. The highest BCUT2D eigenvalue weighted by Gasteiger charge is 2.09. The summed E-state index contributed by atoms with van der Waals surface area (Å²) in [5.74, 6) is -0.678. The van der Waals surface area contributed by atoms with Crippen LogP contribution in [0.15, 0.2) is 36.7 Å². The van der Waals surface area contributed by atoms with E-state index in [-0.39, 0.29) is 5.56 Å². The quantitative estimate of drug-likeness (QED) is 0.898. The molecule has 19 heavy (non-hydrogen) atoms. The molecule has 94 valence electrons. The molecular formula is C13H10N4O2. The number of anilines is 2. The maximum atomic E-state index is 10.7. The Kier molecular flexibility index (Phi) is 3.39. The third-order valence-corrected chi connectivity index (χ3v) is 2.57. The van der Waals surface area contributed by atoms with Crippen molar-refractivity contribution in [1.29, 1.82) is 5.26 Å². The zero-order valence-corrected chi connectivity index (χ0v) is 10.1. The topological polar surface area (TPSA) is 90.1 Å². The molecule has 1 aromatic carbocycles. The molecule has 1 aromatic heterocycles. The van der Waals surface area contributed by atoms with Crippen molar-refractivity contribution in [2.75, 3.05) is 11.9 Å². The van der Waals surface area contributed by atoms with E-state index in [2.05, 4.69) is 9.97 Å². The minimum absolute atomic E-state index is 0.0389. The van der Waals surface area contributed by atoms with Gasteiger partial charge in [-0.1, -0.05) is 0 Å². The lowest BCUT2D eigenvalue weighted by Gasteiger charge is -2.16. The lowest BCUT2D eigenvalue weighted by Crippen LogP contribution is -2.13. The van der Waals surface area contributed by atoms with Crippen molar-refractivity contribution in [1.82, 2.24) is 9.97 Å². The highest BCUT2D eigenvalue weighted by atomic mass is 16.4. The fourth-order valence-electron chi connectivity index (χ4n) is 1.48. The van der Waals surface area contributed by atoms with Gasteiger partial charge in [-0.3, -0.25) is 0 Å². The lowest BCUT2D eigenvalue weighted by molar-refractivity contribution is 0.0696. The van der Waals surface area contributed by atoms with Gasteiger partial charge in [-0.15, -0.1) is 0 Å². The number of nitrogens with zero attached hydrogens (tertiary/aromatic N) is 4. The van der Waals surface area contributed by atoms with Gasteiger partial charge in [-0.2, -0.15) is 5.26 Å². The fourth-order valence-corrected chi connectivity index (χ4v) is 1.48. The van der Waals surface area contributed by atoms with Crippen LogP contribution in [0.1, 0.15) is 15.9 Å². The Morgan fingerprint density at radius 3 is 2.32 bits per heavy atom. The maximum absolute atomic E-state index is 10.7. The molecule has 0 bridgehead atoms. The summed E-state index contributed by atoms with van der Waals surface area (Å²) in [4.78, 5) is 20.4. The molecule has 1 heterocycles. The van der Waals surface area contributed by atoms with Gasteiger partial charge in [0.15, 0.2) is 0 Å². The first-order valence-electron chi connectivity index (χ1n) is 5.41. The standard InChI is InChI=1S/C13H10N4O2/c1-17(11-4-2-9(6-14)3-5-11)13-15-7-10(8-16-13)12(18)19/h2-5,7-8H,1H3,(H,18,19). The van der Waals surface area contributed by atoms with Crippen LogP contribution < -0.4 is 4.90 Å². The minimum atomic E-state index is -1.06. The van der Waals surface area contributed by atoms with Gasteiger partial charge >= 0.3 is 5.97 Å². The summed E-state index contributed by atoms with van der Waals surface area (Å²) in [5.41, 5.74) is 1.42. The smallest absolute Gasteiger partial charge is 0.338 e. The monoisotopic (exact) mass is 254 g/mol. The Hall–Kier alpha value is -2.94. The first-order valence-corrected chi connectivity index (χ1v) is 5.41. The number of carboxylic acids is 1. The van der Waals surface area contributed by atoms with E-state index in [0.29, 0.717) is 11.5 Å². The number of carbonyl (C=O) groups is 1. The predicted octanol–water partition coefficient (Wildman–Crippen LogP) is 1.81. The van der Waals surface area contributed by atoms with Crippen LogP contribution in [0, 0.1) is 11.3 Å². The highest BCUT2D eigenvalue weighted by molar-refractivity contribution is 5.86. The first-order chi connectivity index (χ1) is 9.11. The zero-order valence-electron chi connectivity index (χ0n) is 10.1. The van der Waals surface area contributed by atoms with Crippen molar-refractivity contribution in [3.63, 3.8) is 0 Å². The molecule has 2 rings (SSSR count). The summed E-state index contributed by atoms with van der Waals surface area (Å²) in [6, 6.07) is 8.96. The number of carboxylic acid groups (broad SMARTS) is 1. The summed E-state index contributed by atoms with van der Waals surface area (Å²) in [6.07, 6.45) is 2.51. The molecule has 0 fully saturated rings. The number of hydrogen-bond acceptors (Lipinski definition) is 5. The molecule has 0 spiro atoms. The van der Waals surface area contributed by atoms with E-state index in [4.69, 9.17) is 10.4 Å². The van der Waals surface area contributed by atoms with Crippen molar-refractivity contribution >= 4 is 17.6 Å². The molecule has 0 amide bonds. The molecule has 0 radical (unpaired) electrons. The third kappa shape index (κ3) is 2.66. The van der Waals surface area contributed by atoms with E-state index in [1.807, 2.05) is 6.07 Å². The average molecular weight is 254 g/mol. The van der Waals surface area contributed by atoms with E-state index in [0.717, 1.165) is 5.69 Å². The molecule has 2 aromatic rings. The van der Waals surface area contributed by atoms with E-state index < -0.39 is 5.97 Å². The summed E-state index contributed by atoms with van der Waals surface area (Å²) in [7, 11) is 1.76. The van der Waals surface area contributed by atoms with E-state index in [1.54, 1.807) is 36.2 Å². The molecule has 0 atom stereocenters. The van der Waals surface area contributed by atoms with Crippen LogP contribution in [-0.4, -0.2) is 28.1 Å². The molecule has 0 unspecified atom stereocenters. The van der Waals surface area contributed by atoms with E-state index in [1.165, 1.54) is 12.4 Å². The van der Waals surface area contributed by atoms with Crippen LogP contribution in [0.5, 0.6) is 0 Å². The van der Waals surface area contributed by atoms with Crippen molar-refractivity contribution in [2.45, 2.75) is 0 Å². The van der Waals surface area contributed by atoms with Crippen LogP contribution in [0.4, 0.5) is 11.6 Å². The number of benzene rings is 1. The number of nitriles is 1. The molecular weight excluding hydrogens is 244 g/mol. The van der Waals surface area contributed by atoms with Crippen LogP contribution in [-0.2, 0) is 0 Å². The molecule has 6 heteroatoms. The Bertz CT molecular complexity index is 629. The van der Waals surface area contributed by atoms with Gasteiger partial charge < -0.3 is 10.0 Å². The maximum Gasteiger partial charge on any atom is 0.338 e. The Morgan fingerprint density at radius 1 is 1.26 bits per heavy atom. The predicted molar refractivity (Wildman–Crippen MR) is 68.2 cm³/mol. The number of hydrogen-bond donors (Lipinski definition) is 1. The third-order valence-electron chi connectivity index (χ3n) is 2.57. The van der Waals surface area contributed by atoms with Crippen molar-refractivity contribution in [3.8, 4) is 6.07 Å². The van der Waals surface area contributed by atoms with Gasteiger partial charge in [-0.05, 0) is 24.3 Å². The fraction of sp³-hybridized carbons (Fsp3) is 0.0769. The highest BCUT2D eigenvalue weighted by Crippen LogP contribution is 2.19. The van der Waals surface area contributed by atoms with Crippen molar-refractivity contribution in [3.05, 3.63) is 47.8 Å². The van der Waals surface area contributed by atoms with Crippen LogP contribution in [0.3, 0.4) is 0 Å². The summed E-state index contributed by atoms with van der Waals surface area (Å²) in [6.45, 7) is 0. The molecule has 0 aliphatic heterocycles. The second kappa shape index (κ2) is 5.14. The number of aromatic nitrogens is 2. The van der Waals surface area contributed by atoms with Gasteiger partial charge in [-0.25, -0.2) is 14.8 Å². The van der Waals surface area contributed by atoms with Crippen LogP contribution in [0.25, 0.3) is 0 Å². The summed E-state index contributed by atoms with van der Waals surface area (Å²) < 4.78 is 0. The van der Waals surface area contributed by atoms with E-state index in [9.17, 15) is 4.79 Å². The van der Waals surface area contributed by atoms with E-state index >= 15 is 0 Å². The Morgan fingerprint density at radius 2 is 1.84 bits per heavy atom. The first kappa shape index (κ1) is 12.5. The molecule has 0 aliphatic carbocycles. The minimum Gasteiger partial charge on any atom is -0.478 e. The average Bonchev–Trinajstić information content (AvgIpc) is 2.46. The SMILES string of the molecule is CN(c1ccc(C#N)cc1)c1ncc(C(=O)O)cn1. The van der Waals surface area contributed by atoms with Gasteiger partial charge in [0.1, 0.15) is 0 Å². The lowest BCUT2D eigenvalue weighted by atomic mass is 10.2. The van der Waals surface area contributed by atoms with Gasteiger partial charge in [0.2, 0.25) is 5.95 Å². The zero-order chi connectivity index (χ0) is 13.8. The van der Waals surface area contributed by atoms with Gasteiger partial charge in [0.05, 0.1) is 17.2 Å². The Labute approximate surface area is 109 Å². The van der Waals surface area contributed by atoms with Crippen molar-refractivity contribution < 1.29 is 9.90 Å². The summed E-state index contributed by atoms with van der Waals surface area (Å²) in [5, 5.41) is 17.5. The molecule has 0 saturated heterocycles. The largest absolute Gasteiger partial charge is 0.478 e. The van der Waals surface area contributed by atoms with Crippen LogP contribution in [0.2, 0.25) is 0 Å². The molecule has 6 nitrogen and oxygen atoms in total. The van der Waals surface area contributed by atoms with Gasteiger partial charge in [0.25, 0.3) is 0 Å².